The van der Waals surface area contributed by atoms with Crippen molar-refractivity contribution in [3.8, 4) is 34.8 Å². The van der Waals surface area contributed by atoms with Gasteiger partial charge in [0, 0.05) is 11.8 Å². The average molecular weight is 689 g/mol. The summed E-state index contributed by atoms with van der Waals surface area (Å²) >= 11 is 13.0. The predicted molar refractivity (Wildman–Crippen MR) is 184 cm³/mol. The molecule has 0 fully saturated rings. The highest BCUT2D eigenvalue weighted by Gasteiger charge is 2.20. The van der Waals surface area contributed by atoms with Gasteiger partial charge in [0.05, 0.1) is 45.8 Å². The predicted octanol–water partition coefficient (Wildman–Crippen LogP) is 6.45. The van der Waals surface area contributed by atoms with Gasteiger partial charge in [-0.3, -0.25) is 4.98 Å². The van der Waals surface area contributed by atoms with Crippen molar-refractivity contribution in [3.05, 3.63) is 125 Å². The maximum Gasteiger partial charge on any atom is 0.303 e. The van der Waals surface area contributed by atoms with E-state index in [1.807, 2.05) is 66.7 Å². The van der Waals surface area contributed by atoms with Crippen LogP contribution >= 0.6 is 23.2 Å². The third-order valence-electron chi connectivity index (χ3n) is 7.56. The van der Waals surface area contributed by atoms with Crippen molar-refractivity contribution >= 4 is 51.1 Å². The van der Waals surface area contributed by atoms with Crippen LogP contribution in [0.2, 0.25) is 10.0 Å². The third-order valence-corrected chi connectivity index (χ3v) is 8.09. The van der Waals surface area contributed by atoms with E-state index < -0.39 is 0 Å². The molecule has 0 amide bonds. The zero-order chi connectivity index (χ0) is 33.3. The zero-order valence-electron chi connectivity index (χ0n) is 25.4. The molecule has 6 aromatic heterocycles. The lowest BCUT2D eigenvalue weighted by atomic mass is 10.1. The summed E-state index contributed by atoms with van der Waals surface area (Å²) in [7, 11) is 0. The van der Waals surface area contributed by atoms with E-state index in [9.17, 15) is 0 Å². The molecule has 0 radical (unpaired) electrons. The minimum atomic E-state index is 0.139. The molecule has 15 heteroatoms. The van der Waals surface area contributed by atoms with Crippen LogP contribution in [0, 0.1) is 0 Å². The lowest BCUT2D eigenvalue weighted by Gasteiger charge is -2.11. The van der Waals surface area contributed by atoms with Gasteiger partial charge in [-0.15, -0.1) is 0 Å². The number of nitrogens with zero attached hydrogens (tertiary/aromatic N) is 10. The minimum absolute atomic E-state index is 0.139. The van der Waals surface area contributed by atoms with Crippen molar-refractivity contribution < 1.29 is 9.47 Å². The van der Waals surface area contributed by atoms with E-state index in [-0.39, 0.29) is 19.2 Å². The number of rotatable bonds is 9. The molecule has 49 heavy (non-hydrogen) atoms. The van der Waals surface area contributed by atoms with Crippen LogP contribution < -0.4 is 15.2 Å². The van der Waals surface area contributed by atoms with Crippen molar-refractivity contribution in [1.82, 2.24) is 49.0 Å². The van der Waals surface area contributed by atoms with Crippen LogP contribution in [0.25, 0.3) is 44.8 Å². The maximum absolute atomic E-state index is 6.55. The van der Waals surface area contributed by atoms with Gasteiger partial charge in [-0.05, 0) is 48.0 Å². The molecular formula is C34H23Cl2N11O2. The Balaban J connectivity index is 1.08. The summed E-state index contributed by atoms with van der Waals surface area (Å²) in [4.78, 5) is 35.2. The summed E-state index contributed by atoms with van der Waals surface area (Å²) in [6.45, 7) is 0.298. The Hall–Kier alpha value is -6.18. The van der Waals surface area contributed by atoms with E-state index in [1.54, 1.807) is 21.4 Å². The number of ether oxygens (including phenoxy) is 2. The Morgan fingerprint density at radius 3 is 1.92 bits per heavy atom. The molecular weight excluding hydrogens is 665 g/mol. The second-order valence-corrected chi connectivity index (χ2v) is 11.5. The first kappa shape index (κ1) is 30.2. The highest BCUT2D eigenvalue weighted by molar-refractivity contribution is 6.32. The summed E-state index contributed by atoms with van der Waals surface area (Å²) in [6, 6.07) is 23.3. The van der Waals surface area contributed by atoms with E-state index in [1.165, 1.54) is 25.0 Å². The maximum atomic E-state index is 6.55. The summed E-state index contributed by atoms with van der Waals surface area (Å²) in [5, 5.41) is 0.705. The standard InChI is InChI=1S/C34H23Cl2N11O2/c35-24-14-38-18-41-31(24)46-28-6-2-1-5-26(28)44-33(46)48-16-22-10-8-21(13-40-22)20-9-11-27-29(12-20)47(32-25(36)15-39-19-42-32)34(45-27)49-17-23-4-3-7-30(37)43-23/h1-15,18-19H,16-17H2,(H2,37,43). The zero-order valence-corrected chi connectivity index (χ0v) is 26.9. The summed E-state index contributed by atoms with van der Waals surface area (Å²) in [5.41, 5.74) is 11.9. The molecule has 0 aliphatic rings. The molecule has 0 saturated heterocycles. The van der Waals surface area contributed by atoms with Crippen LogP contribution in [-0.4, -0.2) is 49.0 Å². The molecule has 2 aromatic carbocycles. The number of anilines is 1. The van der Waals surface area contributed by atoms with Crippen LogP contribution in [0.5, 0.6) is 12.0 Å². The van der Waals surface area contributed by atoms with Crippen LogP contribution in [0.3, 0.4) is 0 Å². The fraction of sp³-hybridized carbons (Fsp3) is 0.0588. The van der Waals surface area contributed by atoms with Gasteiger partial charge in [0.25, 0.3) is 0 Å². The number of benzene rings is 2. The molecule has 0 unspecified atom stereocenters. The first-order valence-corrected chi connectivity index (χ1v) is 15.6. The Bertz CT molecular complexity index is 2470. The van der Waals surface area contributed by atoms with E-state index >= 15 is 0 Å². The van der Waals surface area contributed by atoms with Crippen molar-refractivity contribution in [2.75, 3.05) is 5.73 Å². The van der Waals surface area contributed by atoms with Crippen LogP contribution in [0.4, 0.5) is 5.82 Å². The second-order valence-electron chi connectivity index (χ2n) is 10.7. The number of hydrogen-bond acceptors (Lipinski definition) is 11. The Morgan fingerprint density at radius 2 is 1.24 bits per heavy atom. The summed E-state index contributed by atoms with van der Waals surface area (Å²) < 4.78 is 15.8. The number of halogens is 2. The van der Waals surface area contributed by atoms with Gasteiger partial charge in [-0.1, -0.05) is 53.5 Å². The molecule has 2 N–H and O–H groups in total. The molecule has 0 bridgehead atoms. The number of para-hydroxylation sites is 2. The largest absolute Gasteiger partial charge is 0.458 e. The Morgan fingerprint density at radius 1 is 0.592 bits per heavy atom. The topological polar surface area (TPSA) is 157 Å². The number of nitrogen functional groups attached to an aromatic ring is 1. The van der Waals surface area contributed by atoms with Gasteiger partial charge in [0.1, 0.15) is 41.7 Å². The fourth-order valence-electron chi connectivity index (χ4n) is 5.32. The second kappa shape index (κ2) is 12.8. The summed E-state index contributed by atoms with van der Waals surface area (Å²) in [6.07, 6.45) is 7.68. The Labute approximate surface area is 288 Å². The summed E-state index contributed by atoms with van der Waals surface area (Å²) in [5.74, 6) is 1.29. The highest BCUT2D eigenvalue weighted by atomic mass is 35.5. The van der Waals surface area contributed by atoms with Gasteiger partial charge in [-0.25, -0.2) is 34.1 Å². The van der Waals surface area contributed by atoms with Gasteiger partial charge >= 0.3 is 12.0 Å². The van der Waals surface area contributed by atoms with Crippen LogP contribution in [0.1, 0.15) is 11.4 Å². The minimum Gasteiger partial charge on any atom is -0.458 e. The lowest BCUT2D eigenvalue weighted by Crippen LogP contribution is -2.06. The lowest BCUT2D eigenvalue weighted by molar-refractivity contribution is 0.273. The molecule has 8 aromatic rings. The molecule has 0 aliphatic carbocycles. The average Bonchev–Trinajstić information content (AvgIpc) is 3.68. The van der Waals surface area contributed by atoms with Crippen molar-refractivity contribution in [2.45, 2.75) is 13.2 Å². The van der Waals surface area contributed by atoms with Gasteiger partial charge in [-0.2, -0.15) is 9.97 Å². The van der Waals surface area contributed by atoms with Crippen LogP contribution in [-0.2, 0) is 13.2 Å². The quantitative estimate of drug-likeness (QED) is 0.178. The number of aromatic nitrogens is 10. The molecule has 0 aliphatic heterocycles. The molecule has 240 valence electrons. The van der Waals surface area contributed by atoms with E-state index in [2.05, 4.69) is 34.9 Å². The van der Waals surface area contributed by atoms with Crippen LogP contribution in [0.15, 0.2) is 104 Å². The van der Waals surface area contributed by atoms with Crippen molar-refractivity contribution in [2.24, 2.45) is 0 Å². The highest BCUT2D eigenvalue weighted by Crippen LogP contribution is 2.33. The molecule has 0 spiro atoms. The number of imidazole rings is 2. The monoisotopic (exact) mass is 687 g/mol. The van der Waals surface area contributed by atoms with Crippen molar-refractivity contribution in [1.29, 1.82) is 0 Å². The third kappa shape index (κ3) is 5.92. The van der Waals surface area contributed by atoms with Gasteiger partial charge < -0.3 is 15.2 Å². The number of nitrogens with two attached hydrogens (primary N) is 1. The van der Waals surface area contributed by atoms with E-state index in [4.69, 9.17) is 43.4 Å². The molecule has 0 saturated carbocycles. The van der Waals surface area contributed by atoms with Crippen molar-refractivity contribution in [3.63, 3.8) is 0 Å². The van der Waals surface area contributed by atoms with E-state index in [0.717, 1.165) is 27.7 Å². The normalized spacial score (nSPS) is 11.3. The molecule has 0 atom stereocenters. The van der Waals surface area contributed by atoms with E-state index in [0.29, 0.717) is 50.4 Å². The first-order chi connectivity index (χ1) is 24.0. The molecule has 8 rings (SSSR count). The fourth-order valence-corrected chi connectivity index (χ4v) is 5.70. The van der Waals surface area contributed by atoms with Gasteiger partial charge in [0.2, 0.25) is 0 Å². The number of hydrogen-bond donors (Lipinski definition) is 1. The Kier molecular flexibility index (Phi) is 7.87. The SMILES string of the molecule is Nc1cccc(COc2nc3ccc(-c4ccc(COc5nc6ccccc6n5-c5ncncc5Cl)nc4)cc3n2-c2ncncc2Cl)n1. The molecule has 13 nitrogen and oxygen atoms in total. The first-order valence-electron chi connectivity index (χ1n) is 14.9. The smallest absolute Gasteiger partial charge is 0.303 e. The number of fused-ring (bicyclic) bond motifs is 2. The molecule has 6 heterocycles. The number of pyridine rings is 2. The van der Waals surface area contributed by atoms with Gasteiger partial charge in [0.15, 0.2) is 11.6 Å².